The third kappa shape index (κ3) is 5.10. The highest BCUT2D eigenvalue weighted by Gasteiger charge is 2.09. The molecule has 21 heavy (non-hydrogen) atoms. The van der Waals surface area contributed by atoms with Crippen molar-refractivity contribution in [2.75, 3.05) is 57.1 Å². The maximum Gasteiger partial charge on any atom is 0.144 e. The van der Waals surface area contributed by atoms with E-state index in [1.165, 1.54) is 0 Å². The molecule has 1 aromatic rings. The third-order valence-corrected chi connectivity index (χ3v) is 3.60. The van der Waals surface area contributed by atoms with Crippen molar-refractivity contribution in [1.29, 1.82) is 0 Å². The normalized spacial score (nSPS) is 15.9. The lowest BCUT2D eigenvalue weighted by Crippen LogP contribution is -2.37. The summed E-state index contributed by atoms with van der Waals surface area (Å²) in [5.41, 5.74) is 7.80. The van der Waals surface area contributed by atoms with Gasteiger partial charge in [0, 0.05) is 19.6 Å². The zero-order chi connectivity index (χ0) is 14.9. The zero-order valence-corrected chi connectivity index (χ0v) is 12.9. The van der Waals surface area contributed by atoms with Crippen LogP contribution < -0.4 is 15.8 Å². The summed E-state index contributed by atoms with van der Waals surface area (Å²) in [6.07, 6.45) is 2.08. The Labute approximate surface area is 127 Å². The molecule has 2 rings (SSSR count). The maximum absolute atomic E-state index is 6.13. The SMILES string of the molecule is CCCOc1cccc(NCCCN2CCOCC2)c1N. The predicted octanol–water partition coefficient (Wildman–Crippen LogP) is 2.19. The second kappa shape index (κ2) is 8.74. The van der Waals surface area contributed by atoms with Crippen LogP contribution in [-0.4, -0.2) is 50.9 Å². The molecule has 0 amide bonds. The highest BCUT2D eigenvalue weighted by Crippen LogP contribution is 2.29. The molecule has 1 fully saturated rings. The fourth-order valence-corrected chi connectivity index (χ4v) is 2.39. The minimum atomic E-state index is 0.699. The van der Waals surface area contributed by atoms with Gasteiger partial charge in [0.25, 0.3) is 0 Å². The van der Waals surface area contributed by atoms with Gasteiger partial charge in [-0.05, 0) is 31.5 Å². The summed E-state index contributed by atoms with van der Waals surface area (Å²) in [5, 5.41) is 3.41. The van der Waals surface area contributed by atoms with E-state index in [0.717, 1.165) is 63.7 Å². The van der Waals surface area contributed by atoms with Crippen molar-refractivity contribution >= 4 is 11.4 Å². The number of nitrogens with two attached hydrogens (primary N) is 1. The Bertz CT molecular complexity index is 420. The molecule has 0 bridgehead atoms. The van der Waals surface area contributed by atoms with E-state index >= 15 is 0 Å². The molecule has 0 saturated carbocycles. The van der Waals surface area contributed by atoms with Gasteiger partial charge < -0.3 is 20.5 Å². The van der Waals surface area contributed by atoms with Crippen LogP contribution in [0.1, 0.15) is 19.8 Å². The number of benzene rings is 1. The number of ether oxygens (including phenoxy) is 2. The number of morpholine rings is 1. The molecule has 0 atom stereocenters. The zero-order valence-electron chi connectivity index (χ0n) is 12.9. The molecule has 0 unspecified atom stereocenters. The Morgan fingerprint density at radius 3 is 2.90 bits per heavy atom. The topological polar surface area (TPSA) is 59.8 Å². The van der Waals surface area contributed by atoms with Crippen molar-refractivity contribution in [1.82, 2.24) is 4.90 Å². The van der Waals surface area contributed by atoms with Gasteiger partial charge >= 0.3 is 0 Å². The Morgan fingerprint density at radius 1 is 1.33 bits per heavy atom. The smallest absolute Gasteiger partial charge is 0.144 e. The van der Waals surface area contributed by atoms with E-state index in [0.29, 0.717) is 12.3 Å². The van der Waals surface area contributed by atoms with Crippen LogP contribution in [0.5, 0.6) is 5.75 Å². The summed E-state index contributed by atoms with van der Waals surface area (Å²) < 4.78 is 11.0. The van der Waals surface area contributed by atoms with Gasteiger partial charge in [0.15, 0.2) is 0 Å². The molecule has 1 heterocycles. The Kier molecular flexibility index (Phi) is 6.63. The molecule has 0 aliphatic carbocycles. The average molecular weight is 293 g/mol. The summed E-state index contributed by atoms with van der Waals surface area (Å²) in [6, 6.07) is 5.90. The van der Waals surface area contributed by atoms with Crippen LogP contribution in [0.15, 0.2) is 18.2 Å². The van der Waals surface area contributed by atoms with Crippen LogP contribution in [0, 0.1) is 0 Å². The van der Waals surface area contributed by atoms with Crippen LogP contribution in [0.2, 0.25) is 0 Å². The summed E-state index contributed by atoms with van der Waals surface area (Å²) in [4.78, 5) is 2.44. The molecule has 118 valence electrons. The van der Waals surface area contributed by atoms with Crippen LogP contribution in [-0.2, 0) is 4.74 Å². The number of hydrogen-bond acceptors (Lipinski definition) is 5. The molecular weight excluding hydrogens is 266 g/mol. The number of rotatable bonds is 8. The first-order valence-corrected chi connectivity index (χ1v) is 7.86. The molecule has 5 heteroatoms. The van der Waals surface area contributed by atoms with Crippen molar-refractivity contribution in [3.05, 3.63) is 18.2 Å². The van der Waals surface area contributed by atoms with Gasteiger partial charge in [0.05, 0.1) is 31.2 Å². The monoisotopic (exact) mass is 293 g/mol. The molecule has 1 aliphatic heterocycles. The van der Waals surface area contributed by atoms with Crippen molar-refractivity contribution in [2.45, 2.75) is 19.8 Å². The van der Waals surface area contributed by atoms with E-state index < -0.39 is 0 Å². The number of hydrogen-bond donors (Lipinski definition) is 2. The van der Waals surface area contributed by atoms with Crippen LogP contribution in [0.3, 0.4) is 0 Å². The number of para-hydroxylation sites is 1. The first-order chi connectivity index (χ1) is 10.3. The average Bonchev–Trinajstić information content (AvgIpc) is 2.53. The molecular formula is C16H27N3O2. The Hall–Kier alpha value is -1.46. The quantitative estimate of drug-likeness (QED) is 0.568. The molecule has 1 saturated heterocycles. The van der Waals surface area contributed by atoms with Gasteiger partial charge in [-0.1, -0.05) is 13.0 Å². The Balaban J connectivity index is 1.74. The van der Waals surface area contributed by atoms with Crippen LogP contribution in [0.4, 0.5) is 11.4 Å². The largest absolute Gasteiger partial charge is 0.491 e. The second-order valence-electron chi connectivity index (χ2n) is 5.30. The van der Waals surface area contributed by atoms with Gasteiger partial charge in [0.2, 0.25) is 0 Å². The summed E-state index contributed by atoms with van der Waals surface area (Å²) >= 11 is 0. The highest BCUT2D eigenvalue weighted by atomic mass is 16.5. The lowest BCUT2D eigenvalue weighted by atomic mass is 10.2. The first kappa shape index (κ1) is 15.9. The number of nitrogen functional groups attached to an aromatic ring is 1. The molecule has 0 aromatic heterocycles. The number of nitrogens with one attached hydrogen (secondary N) is 1. The molecule has 0 spiro atoms. The summed E-state index contributed by atoms with van der Waals surface area (Å²) in [7, 11) is 0. The molecule has 1 aromatic carbocycles. The first-order valence-electron chi connectivity index (χ1n) is 7.86. The standard InChI is InChI=1S/C16H27N3O2/c1-2-11-21-15-6-3-5-14(16(15)17)18-7-4-8-19-9-12-20-13-10-19/h3,5-6,18H,2,4,7-13,17H2,1H3. The molecule has 3 N–H and O–H groups in total. The van der Waals surface area contributed by atoms with E-state index in [9.17, 15) is 0 Å². The summed E-state index contributed by atoms with van der Waals surface area (Å²) in [6.45, 7) is 8.61. The van der Waals surface area contributed by atoms with E-state index in [2.05, 4.69) is 17.1 Å². The highest BCUT2D eigenvalue weighted by molar-refractivity contribution is 5.72. The van der Waals surface area contributed by atoms with Crippen LogP contribution >= 0.6 is 0 Å². The third-order valence-electron chi connectivity index (χ3n) is 3.60. The van der Waals surface area contributed by atoms with E-state index in [-0.39, 0.29) is 0 Å². The molecule has 0 radical (unpaired) electrons. The van der Waals surface area contributed by atoms with Gasteiger partial charge in [-0.3, -0.25) is 4.90 Å². The van der Waals surface area contributed by atoms with Gasteiger partial charge in [-0.15, -0.1) is 0 Å². The second-order valence-corrected chi connectivity index (χ2v) is 5.30. The lowest BCUT2D eigenvalue weighted by Gasteiger charge is -2.26. The van der Waals surface area contributed by atoms with E-state index in [1.54, 1.807) is 0 Å². The fourth-order valence-electron chi connectivity index (χ4n) is 2.39. The number of anilines is 2. The van der Waals surface area contributed by atoms with E-state index in [1.807, 2.05) is 18.2 Å². The van der Waals surface area contributed by atoms with Crippen molar-refractivity contribution in [2.24, 2.45) is 0 Å². The van der Waals surface area contributed by atoms with Crippen molar-refractivity contribution in [3.8, 4) is 5.75 Å². The summed E-state index contributed by atoms with van der Waals surface area (Å²) in [5.74, 6) is 0.773. The maximum atomic E-state index is 6.13. The fraction of sp³-hybridized carbons (Fsp3) is 0.625. The Morgan fingerprint density at radius 2 is 2.14 bits per heavy atom. The number of nitrogens with zero attached hydrogens (tertiary/aromatic N) is 1. The van der Waals surface area contributed by atoms with Crippen molar-refractivity contribution < 1.29 is 9.47 Å². The minimum Gasteiger partial charge on any atom is -0.491 e. The van der Waals surface area contributed by atoms with Crippen molar-refractivity contribution in [3.63, 3.8) is 0 Å². The van der Waals surface area contributed by atoms with E-state index in [4.69, 9.17) is 15.2 Å². The lowest BCUT2D eigenvalue weighted by molar-refractivity contribution is 0.0378. The predicted molar refractivity (Wildman–Crippen MR) is 87.0 cm³/mol. The van der Waals surface area contributed by atoms with Gasteiger partial charge in [-0.25, -0.2) is 0 Å². The van der Waals surface area contributed by atoms with Crippen LogP contribution in [0.25, 0.3) is 0 Å². The minimum absolute atomic E-state index is 0.699. The van der Waals surface area contributed by atoms with Gasteiger partial charge in [0.1, 0.15) is 5.75 Å². The van der Waals surface area contributed by atoms with Gasteiger partial charge in [-0.2, -0.15) is 0 Å². The molecule has 1 aliphatic rings. The molecule has 5 nitrogen and oxygen atoms in total.